The van der Waals surface area contributed by atoms with Crippen molar-refractivity contribution in [2.45, 2.75) is 38.0 Å². The van der Waals surface area contributed by atoms with Crippen molar-refractivity contribution >= 4 is 18.0 Å². The average molecular weight is 346 g/mol. The summed E-state index contributed by atoms with van der Waals surface area (Å²) >= 11 is 0. The number of esters is 1. The largest absolute Gasteiger partial charge is 0.467 e. The summed E-state index contributed by atoms with van der Waals surface area (Å²) < 4.78 is 10.1. The Hall–Kier alpha value is -2.57. The van der Waals surface area contributed by atoms with Gasteiger partial charge in [-0.1, -0.05) is 30.3 Å². The monoisotopic (exact) mass is 346 g/mol. The van der Waals surface area contributed by atoms with Crippen LogP contribution in [-0.2, 0) is 25.7 Å². The molecule has 2 aliphatic rings. The minimum atomic E-state index is -0.539. The van der Waals surface area contributed by atoms with Gasteiger partial charge in [0.15, 0.2) is 0 Å². The van der Waals surface area contributed by atoms with Crippen LogP contribution < -0.4 is 0 Å². The number of rotatable bonds is 4. The summed E-state index contributed by atoms with van der Waals surface area (Å²) in [6.45, 7) is 1.11. The second-order valence-electron chi connectivity index (χ2n) is 6.31. The van der Waals surface area contributed by atoms with Crippen LogP contribution in [-0.4, -0.2) is 60.1 Å². The first kappa shape index (κ1) is 17.3. The molecule has 0 spiro atoms. The Labute approximate surface area is 146 Å². The van der Waals surface area contributed by atoms with Crippen LogP contribution in [0, 0.1) is 0 Å². The summed E-state index contributed by atoms with van der Waals surface area (Å²) in [7, 11) is 1.32. The summed E-state index contributed by atoms with van der Waals surface area (Å²) in [6, 6.07) is 8.77. The van der Waals surface area contributed by atoms with Crippen LogP contribution in [0.5, 0.6) is 0 Å². The zero-order valence-electron chi connectivity index (χ0n) is 14.2. The van der Waals surface area contributed by atoms with E-state index in [0.29, 0.717) is 32.4 Å². The van der Waals surface area contributed by atoms with Gasteiger partial charge in [-0.05, 0) is 18.4 Å². The van der Waals surface area contributed by atoms with E-state index in [2.05, 4.69) is 0 Å². The van der Waals surface area contributed by atoms with Crippen molar-refractivity contribution < 1.29 is 23.9 Å². The third-order valence-corrected chi connectivity index (χ3v) is 4.75. The SMILES string of the molecule is COC(=O)C1CCC(=O)N1C1CCN(C(=O)OCc2ccccc2)C1. The molecule has 7 nitrogen and oxygen atoms in total. The molecule has 1 aromatic rings. The molecule has 0 radical (unpaired) electrons. The van der Waals surface area contributed by atoms with Crippen molar-refractivity contribution in [2.24, 2.45) is 0 Å². The fourth-order valence-electron chi connectivity index (χ4n) is 3.47. The van der Waals surface area contributed by atoms with Gasteiger partial charge in [-0.15, -0.1) is 0 Å². The van der Waals surface area contributed by atoms with E-state index in [1.807, 2.05) is 30.3 Å². The normalized spacial score (nSPS) is 23.0. The molecule has 2 saturated heterocycles. The molecule has 2 heterocycles. The van der Waals surface area contributed by atoms with Gasteiger partial charge in [0.2, 0.25) is 5.91 Å². The number of hydrogen-bond donors (Lipinski definition) is 0. The zero-order chi connectivity index (χ0) is 17.8. The van der Waals surface area contributed by atoms with Crippen molar-refractivity contribution in [1.82, 2.24) is 9.80 Å². The summed E-state index contributed by atoms with van der Waals surface area (Å²) in [5.41, 5.74) is 0.923. The van der Waals surface area contributed by atoms with E-state index in [1.54, 1.807) is 9.80 Å². The second kappa shape index (κ2) is 7.55. The maximum Gasteiger partial charge on any atom is 0.410 e. The van der Waals surface area contributed by atoms with Gasteiger partial charge < -0.3 is 19.3 Å². The highest BCUT2D eigenvalue weighted by atomic mass is 16.6. The van der Waals surface area contributed by atoms with Crippen molar-refractivity contribution in [3.8, 4) is 0 Å². The molecule has 1 aromatic carbocycles. The zero-order valence-corrected chi connectivity index (χ0v) is 14.2. The Morgan fingerprint density at radius 2 is 1.96 bits per heavy atom. The number of amides is 2. The van der Waals surface area contributed by atoms with Crippen molar-refractivity contribution in [3.63, 3.8) is 0 Å². The molecule has 134 valence electrons. The van der Waals surface area contributed by atoms with Gasteiger partial charge in [0.05, 0.1) is 13.2 Å². The van der Waals surface area contributed by atoms with E-state index >= 15 is 0 Å². The number of likely N-dealkylation sites (tertiary alicyclic amines) is 2. The van der Waals surface area contributed by atoms with Gasteiger partial charge >= 0.3 is 12.1 Å². The lowest BCUT2D eigenvalue weighted by molar-refractivity contribution is -0.150. The minimum Gasteiger partial charge on any atom is -0.467 e. The summed E-state index contributed by atoms with van der Waals surface area (Å²) in [5, 5.41) is 0. The molecule has 2 fully saturated rings. The van der Waals surface area contributed by atoms with Gasteiger partial charge in [-0.3, -0.25) is 4.79 Å². The maximum atomic E-state index is 12.2. The predicted molar refractivity (Wildman–Crippen MR) is 88.5 cm³/mol. The second-order valence-corrected chi connectivity index (χ2v) is 6.31. The van der Waals surface area contributed by atoms with Crippen LogP contribution in [0.15, 0.2) is 30.3 Å². The van der Waals surface area contributed by atoms with Crippen LogP contribution in [0.4, 0.5) is 4.79 Å². The Kier molecular flexibility index (Phi) is 5.21. The van der Waals surface area contributed by atoms with E-state index in [0.717, 1.165) is 5.56 Å². The molecule has 0 aromatic heterocycles. The van der Waals surface area contributed by atoms with Crippen LogP contribution in [0.3, 0.4) is 0 Å². The number of methoxy groups -OCH3 is 1. The first-order valence-corrected chi connectivity index (χ1v) is 8.44. The number of nitrogens with zero attached hydrogens (tertiary/aromatic N) is 2. The molecule has 2 amide bonds. The molecule has 3 rings (SSSR count). The first-order valence-electron chi connectivity index (χ1n) is 8.44. The molecule has 0 saturated carbocycles. The van der Waals surface area contributed by atoms with Gasteiger partial charge in [-0.2, -0.15) is 0 Å². The van der Waals surface area contributed by atoms with Gasteiger partial charge in [0, 0.05) is 19.5 Å². The maximum absolute atomic E-state index is 12.2. The molecule has 2 unspecified atom stereocenters. The molecule has 2 aliphatic heterocycles. The van der Waals surface area contributed by atoms with Gasteiger partial charge in [0.1, 0.15) is 12.6 Å². The third kappa shape index (κ3) is 3.75. The molecular weight excluding hydrogens is 324 g/mol. The fourth-order valence-corrected chi connectivity index (χ4v) is 3.47. The van der Waals surface area contributed by atoms with Gasteiger partial charge in [0.25, 0.3) is 0 Å². The van der Waals surface area contributed by atoms with E-state index in [1.165, 1.54) is 7.11 Å². The minimum absolute atomic E-state index is 0.0556. The van der Waals surface area contributed by atoms with Crippen LogP contribution in [0.2, 0.25) is 0 Å². The molecule has 2 atom stereocenters. The molecule has 0 aliphatic carbocycles. The van der Waals surface area contributed by atoms with Crippen molar-refractivity contribution in [1.29, 1.82) is 0 Å². The standard InChI is InChI=1S/C18H22N2O5/c1-24-17(22)15-7-8-16(21)20(15)14-9-10-19(11-14)18(23)25-12-13-5-3-2-4-6-13/h2-6,14-15H,7-12H2,1H3. The van der Waals surface area contributed by atoms with Gasteiger partial charge in [-0.25, -0.2) is 9.59 Å². The smallest absolute Gasteiger partial charge is 0.410 e. The molecule has 0 N–H and O–H groups in total. The Bertz CT molecular complexity index is 648. The summed E-state index contributed by atoms with van der Waals surface area (Å²) in [5.74, 6) is -0.448. The predicted octanol–water partition coefficient (Wildman–Crippen LogP) is 1.56. The fraction of sp³-hybridized carbons (Fsp3) is 0.500. The molecule has 0 bridgehead atoms. The van der Waals surface area contributed by atoms with E-state index in [-0.39, 0.29) is 18.6 Å². The highest BCUT2D eigenvalue weighted by molar-refractivity contribution is 5.88. The number of carbonyl (C=O) groups excluding carboxylic acids is 3. The van der Waals surface area contributed by atoms with Crippen LogP contribution >= 0.6 is 0 Å². The average Bonchev–Trinajstić information content (AvgIpc) is 3.26. The first-order chi connectivity index (χ1) is 12.1. The van der Waals surface area contributed by atoms with E-state index in [9.17, 15) is 14.4 Å². The lowest BCUT2D eigenvalue weighted by Gasteiger charge is -2.29. The van der Waals surface area contributed by atoms with Crippen molar-refractivity contribution in [3.05, 3.63) is 35.9 Å². The van der Waals surface area contributed by atoms with E-state index < -0.39 is 18.1 Å². The topological polar surface area (TPSA) is 76.2 Å². The Morgan fingerprint density at radius 3 is 2.68 bits per heavy atom. The highest BCUT2D eigenvalue weighted by Crippen LogP contribution is 2.27. The van der Waals surface area contributed by atoms with Crippen molar-refractivity contribution in [2.75, 3.05) is 20.2 Å². The number of ether oxygens (including phenoxy) is 2. The van der Waals surface area contributed by atoms with Crippen LogP contribution in [0.25, 0.3) is 0 Å². The Morgan fingerprint density at radius 1 is 1.20 bits per heavy atom. The van der Waals surface area contributed by atoms with Crippen LogP contribution in [0.1, 0.15) is 24.8 Å². The Balaban J connectivity index is 1.56. The number of carbonyl (C=O) groups is 3. The number of hydrogen-bond acceptors (Lipinski definition) is 5. The molecule has 7 heteroatoms. The number of benzene rings is 1. The molecule has 25 heavy (non-hydrogen) atoms. The van der Waals surface area contributed by atoms with E-state index in [4.69, 9.17) is 9.47 Å². The third-order valence-electron chi connectivity index (χ3n) is 4.75. The molecular formula is C18H22N2O5. The summed E-state index contributed by atoms with van der Waals surface area (Å²) in [6.07, 6.45) is 1.06. The highest BCUT2D eigenvalue weighted by Gasteiger charge is 2.43. The lowest BCUT2D eigenvalue weighted by Crippen LogP contribution is -2.47. The lowest BCUT2D eigenvalue weighted by atomic mass is 10.1. The quantitative estimate of drug-likeness (QED) is 0.774. The summed E-state index contributed by atoms with van der Waals surface area (Å²) in [4.78, 5) is 39.5.